The third-order valence-electron chi connectivity index (χ3n) is 10.3. The van der Waals surface area contributed by atoms with Crippen molar-refractivity contribution in [3.05, 3.63) is 95.1 Å². The zero-order valence-corrected chi connectivity index (χ0v) is 28.1. The van der Waals surface area contributed by atoms with Crippen LogP contribution in [0, 0.1) is 16.7 Å². The zero-order chi connectivity index (χ0) is 32.5. The van der Waals surface area contributed by atoms with Crippen LogP contribution in [0.2, 0.25) is 0 Å². The molecule has 6 rings (SSSR count). The quantitative estimate of drug-likeness (QED) is 0.232. The highest BCUT2D eigenvalue weighted by molar-refractivity contribution is 5.74. The lowest BCUT2D eigenvalue weighted by molar-refractivity contribution is -0.276. The fourth-order valence-electron chi connectivity index (χ4n) is 8.48. The molecule has 2 heterocycles. The fraction of sp³-hybridized carbons (Fsp3) is 0.513. The second-order valence-corrected chi connectivity index (χ2v) is 15.0. The normalized spacial score (nSPS) is 29.0. The van der Waals surface area contributed by atoms with Crippen molar-refractivity contribution in [2.75, 3.05) is 19.6 Å². The van der Waals surface area contributed by atoms with Crippen LogP contribution in [0.3, 0.4) is 0 Å². The number of carbonyl (C=O) groups is 1. The van der Waals surface area contributed by atoms with Crippen LogP contribution >= 0.6 is 0 Å². The minimum absolute atomic E-state index is 0.000318. The lowest BCUT2D eigenvalue weighted by Crippen LogP contribution is -2.46. The van der Waals surface area contributed by atoms with E-state index in [4.69, 9.17) is 9.47 Å². The average molecular weight is 626 g/mol. The second kappa shape index (κ2) is 13.5. The number of carbonyl (C=O) groups excluding carboxylic acids is 1. The number of aliphatic hydroxyl groups is 1. The molecule has 0 aromatic heterocycles. The van der Waals surface area contributed by atoms with Gasteiger partial charge in [-0.25, -0.2) is 4.79 Å². The standard InChI is InChI=1S/C39H51N3O4/c1-6-40-37(44)41-21-28-9-7-10-30(17-28)31-11-8-12-32(18-31)36-45-34(22-42-25-39(5)20-33(42)19-38(3,4)24-39)26(2)35(46-36)29-15-13-27(23-43)14-16-29/h7-18,26,33-36,43H,6,19-25H2,1-5H3,(H2,40,41,44). The molecule has 3 N–H and O–H groups in total. The van der Waals surface area contributed by atoms with Gasteiger partial charge >= 0.3 is 6.03 Å². The maximum Gasteiger partial charge on any atom is 0.315 e. The smallest absolute Gasteiger partial charge is 0.315 e. The van der Waals surface area contributed by atoms with Crippen LogP contribution in [-0.4, -0.2) is 47.8 Å². The lowest BCUT2D eigenvalue weighted by Gasteiger charge is -2.43. The molecule has 3 aromatic carbocycles. The van der Waals surface area contributed by atoms with Crippen LogP contribution in [0.4, 0.5) is 4.79 Å². The Hall–Kier alpha value is -3.23. The van der Waals surface area contributed by atoms with Gasteiger partial charge in [0, 0.05) is 43.7 Å². The Kier molecular flexibility index (Phi) is 9.58. The summed E-state index contributed by atoms with van der Waals surface area (Å²) in [6, 6.07) is 25.3. The molecule has 7 heteroatoms. The number of hydrogen-bond donors (Lipinski definition) is 3. The Morgan fingerprint density at radius 1 is 0.913 bits per heavy atom. The van der Waals surface area contributed by atoms with Crippen LogP contribution < -0.4 is 10.6 Å². The molecule has 2 aliphatic heterocycles. The predicted octanol–water partition coefficient (Wildman–Crippen LogP) is 7.36. The Bertz CT molecular complexity index is 1510. The first-order chi connectivity index (χ1) is 22.0. The van der Waals surface area contributed by atoms with E-state index in [0.717, 1.165) is 46.5 Å². The third-order valence-corrected chi connectivity index (χ3v) is 10.3. The molecule has 246 valence electrons. The summed E-state index contributed by atoms with van der Waals surface area (Å²) in [5.41, 5.74) is 6.91. The first-order valence-electron chi connectivity index (χ1n) is 17.0. The molecule has 6 atom stereocenters. The van der Waals surface area contributed by atoms with Crippen LogP contribution in [0.15, 0.2) is 72.8 Å². The highest BCUT2D eigenvalue weighted by Crippen LogP contribution is 2.53. The zero-order valence-electron chi connectivity index (χ0n) is 28.1. The van der Waals surface area contributed by atoms with Gasteiger partial charge in [-0.05, 0) is 77.0 Å². The highest BCUT2D eigenvalue weighted by Gasteiger charge is 2.51. The number of benzene rings is 3. The van der Waals surface area contributed by atoms with Crippen LogP contribution in [0.5, 0.6) is 0 Å². The molecule has 0 radical (unpaired) electrons. The van der Waals surface area contributed by atoms with E-state index in [1.165, 1.54) is 19.3 Å². The van der Waals surface area contributed by atoms with Gasteiger partial charge in [-0.1, -0.05) is 88.4 Å². The minimum atomic E-state index is -0.514. The van der Waals surface area contributed by atoms with Crippen molar-refractivity contribution < 1.29 is 19.4 Å². The van der Waals surface area contributed by atoms with E-state index in [9.17, 15) is 9.90 Å². The van der Waals surface area contributed by atoms with Crippen molar-refractivity contribution in [3.63, 3.8) is 0 Å². The summed E-state index contributed by atoms with van der Waals surface area (Å²) in [6.07, 6.45) is 3.12. The van der Waals surface area contributed by atoms with Crippen molar-refractivity contribution in [2.45, 2.75) is 91.6 Å². The number of amides is 2. The van der Waals surface area contributed by atoms with Gasteiger partial charge in [0.15, 0.2) is 6.29 Å². The molecule has 7 nitrogen and oxygen atoms in total. The Morgan fingerprint density at radius 2 is 1.65 bits per heavy atom. The number of likely N-dealkylation sites (tertiary alicyclic amines) is 1. The lowest BCUT2D eigenvalue weighted by atomic mass is 9.65. The summed E-state index contributed by atoms with van der Waals surface area (Å²) in [7, 11) is 0. The minimum Gasteiger partial charge on any atom is -0.392 e. The van der Waals surface area contributed by atoms with Gasteiger partial charge in [-0.2, -0.15) is 0 Å². The first-order valence-corrected chi connectivity index (χ1v) is 17.0. The van der Waals surface area contributed by atoms with Gasteiger partial charge in [-0.15, -0.1) is 0 Å². The van der Waals surface area contributed by atoms with Crippen LogP contribution in [-0.2, 0) is 22.6 Å². The third kappa shape index (κ3) is 7.33. The molecule has 3 aliphatic rings. The monoisotopic (exact) mass is 625 g/mol. The molecule has 1 aliphatic carbocycles. The maximum atomic E-state index is 11.9. The number of aliphatic hydroxyl groups excluding tert-OH is 1. The molecular weight excluding hydrogens is 574 g/mol. The highest BCUT2D eigenvalue weighted by atomic mass is 16.7. The van der Waals surface area contributed by atoms with E-state index in [2.05, 4.69) is 91.8 Å². The summed E-state index contributed by atoms with van der Waals surface area (Å²) >= 11 is 0. The molecule has 0 spiro atoms. The fourth-order valence-corrected chi connectivity index (χ4v) is 8.48. The summed E-state index contributed by atoms with van der Waals surface area (Å²) in [5, 5.41) is 15.4. The van der Waals surface area contributed by atoms with Gasteiger partial charge in [0.05, 0.1) is 18.8 Å². The maximum absolute atomic E-state index is 11.9. The summed E-state index contributed by atoms with van der Waals surface area (Å²) in [5.74, 6) is 0.148. The Balaban J connectivity index is 1.26. The van der Waals surface area contributed by atoms with Gasteiger partial charge < -0.3 is 25.2 Å². The SMILES string of the molecule is CCNC(=O)NCc1cccc(-c2cccc(C3OC(CN4CC5(C)CC4CC(C)(C)C5)C(C)C(c4ccc(CO)cc4)O3)c2)c1. The molecule has 2 bridgehead atoms. The number of fused-ring (bicyclic) bond motifs is 2. The number of urea groups is 1. The van der Waals surface area contributed by atoms with Gasteiger partial charge in [0.25, 0.3) is 0 Å². The number of nitrogens with one attached hydrogen (secondary N) is 2. The molecule has 46 heavy (non-hydrogen) atoms. The number of hydrogen-bond acceptors (Lipinski definition) is 5. The molecule has 3 aromatic rings. The molecule has 2 amide bonds. The molecule has 3 fully saturated rings. The van der Waals surface area contributed by atoms with Crippen molar-refractivity contribution >= 4 is 6.03 Å². The van der Waals surface area contributed by atoms with Gasteiger partial charge in [0.1, 0.15) is 0 Å². The van der Waals surface area contributed by atoms with E-state index in [1.54, 1.807) is 0 Å². The van der Waals surface area contributed by atoms with Crippen molar-refractivity contribution in [1.82, 2.24) is 15.5 Å². The number of ether oxygens (including phenoxy) is 2. The molecular formula is C39H51N3O4. The Labute approximate surface area is 274 Å². The summed E-state index contributed by atoms with van der Waals surface area (Å²) in [6.45, 7) is 14.6. The van der Waals surface area contributed by atoms with E-state index in [-0.39, 0.29) is 30.8 Å². The first kappa shape index (κ1) is 32.7. The van der Waals surface area contributed by atoms with Gasteiger partial charge in [-0.3, -0.25) is 4.90 Å². The second-order valence-electron chi connectivity index (χ2n) is 15.0. The van der Waals surface area contributed by atoms with E-state index >= 15 is 0 Å². The van der Waals surface area contributed by atoms with Crippen LogP contribution in [0.25, 0.3) is 11.1 Å². The topological polar surface area (TPSA) is 83.1 Å². The van der Waals surface area contributed by atoms with Gasteiger partial charge in [0.2, 0.25) is 0 Å². The Morgan fingerprint density at radius 3 is 2.39 bits per heavy atom. The average Bonchev–Trinajstić information content (AvgIpc) is 3.28. The van der Waals surface area contributed by atoms with E-state index < -0.39 is 6.29 Å². The summed E-state index contributed by atoms with van der Waals surface area (Å²) in [4.78, 5) is 14.7. The number of rotatable bonds is 9. The van der Waals surface area contributed by atoms with E-state index in [0.29, 0.717) is 30.0 Å². The van der Waals surface area contributed by atoms with E-state index in [1.807, 2.05) is 31.2 Å². The molecule has 1 saturated carbocycles. The molecule has 2 saturated heterocycles. The largest absolute Gasteiger partial charge is 0.392 e. The van der Waals surface area contributed by atoms with Crippen LogP contribution in [0.1, 0.15) is 88.5 Å². The number of nitrogens with zero attached hydrogens (tertiary/aromatic N) is 1. The van der Waals surface area contributed by atoms with Crippen molar-refractivity contribution in [2.24, 2.45) is 16.7 Å². The van der Waals surface area contributed by atoms with Crippen molar-refractivity contribution in [1.29, 1.82) is 0 Å². The van der Waals surface area contributed by atoms with Crippen molar-refractivity contribution in [3.8, 4) is 11.1 Å². The predicted molar refractivity (Wildman–Crippen MR) is 182 cm³/mol. The summed E-state index contributed by atoms with van der Waals surface area (Å²) < 4.78 is 13.7. The molecule has 6 unspecified atom stereocenters.